The summed E-state index contributed by atoms with van der Waals surface area (Å²) in [5.41, 5.74) is 9.94. The van der Waals surface area contributed by atoms with Crippen LogP contribution in [0, 0.1) is 13.8 Å². The van der Waals surface area contributed by atoms with Gasteiger partial charge in [0.1, 0.15) is 11.4 Å². The number of hydrogen-bond acceptors (Lipinski definition) is 6. The van der Waals surface area contributed by atoms with E-state index in [2.05, 4.69) is 20.1 Å². The normalized spacial score (nSPS) is 10.8. The zero-order valence-electron chi connectivity index (χ0n) is 11.9. The third-order valence-electron chi connectivity index (χ3n) is 3.13. The number of pyridine rings is 2. The second-order valence-corrected chi connectivity index (χ2v) is 4.86. The van der Waals surface area contributed by atoms with Gasteiger partial charge in [-0.1, -0.05) is 17.3 Å². The maximum Gasteiger partial charge on any atom is 0.276 e. The minimum absolute atomic E-state index is 0.371. The Hall–Kier alpha value is -2.60. The third kappa shape index (κ3) is 2.66. The van der Waals surface area contributed by atoms with E-state index in [4.69, 9.17) is 10.3 Å². The molecule has 0 saturated heterocycles. The number of hydrogen-bond donors (Lipinski definition) is 1. The van der Waals surface area contributed by atoms with E-state index in [0.29, 0.717) is 29.6 Å². The van der Waals surface area contributed by atoms with Crippen LogP contribution in [-0.4, -0.2) is 20.1 Å². The van der Waals surface area contributed by atoms with Crippen molar-refractivity contribution in [3.63, 3.8) is 0 Å². The van der Waals surface area contributed by atoms with E-state index in [0.717, 1.165) is 16.7 Å². The van der Waals surface area contributed by atoms with Crippen molar-refractivity contribution < 1.29 is 4.52 Å². The summed E-state index contributed by atoms with van der Waals surface area (Å²) < 4.78 is 5.27. The molecule has 0 spiro atoms. The SMILES string of the molecule is Cc1cnc(-c2noc(-c3ccc(CN)cn3)n2)c(C)c1. The molecule has 0 aliphatic heterocycles. The lowest BCUT2D eigenvalue weighted by molar-refractivity contribution is 0.430. The zero-order chi connectivity index (χ0) is 14.8. The fourth-order valence-electron chi connectivity index (χ4n) is 2.04. The highest BCUT2D eigenvalue weighted by Gasteiger charge is 2.14. The van der Waals surface area contributed by atoms with Crippen LogP contribution in [0.2, 0.25) is 0 Å². The Morgan fingerprint density at radius 3 is 2.67 bits per heavy atom. The first-order valence-electron chi connectivity index (χ1n) is 6.60. The number of aromatic nitrogens is 4. The van der Waals surface area contributed by atoms with E-state index in [1.54, 1.807) is 12.4 Å². The van der Waals surface area contributed by atoms with Gasteiger partial charge < -0.3 is 10.3 Å². The van der Waals surface area contributed by atoms with Crippen LogP contribution < -0.4 is 5.73 Å². The van der Waals surface area contributed by atoms with Gasteiger partial charge in [0.25, 0.3) is 5.89 Å². The molecule has 3 aromatic heterocycles. The topological polar surface area (TPSA) is 90.7 Å². The van der Waals surface area contributed by atoms with Crippen molar-refractivity contribution in [3.8, 4) is 23.1 Å². The summed E-state index contributed by atoms with van der Waals surface area (Å²) in [5, 5.41) is 3.98. The Bertz CT molecular complexity index is 764. The van der Waals surface area contributed by atoms with Crippen molar-refractivity contribution in [2.75, 3.05) is 0 Å². The van der Waals surface area contributed by atoms with Crippen molar-refractivity contribution in [2.24, 2.45) is 5.73 Å². The lowest BCUT2D eigenvalue weighted by Crippen LogP contribution is -1.97. The molecule has 3 rings (SSSR count). The minimum Gasteiger partial charge on any atom is -0.332 e. The second kappa shape index (κ2) is 5.41. The van der Waals surface area contributed by atoms with Crippen molar-refractivity contribution in [3.05, 3.63) is 47.3 Å². The van der Waals surface area contributed by atoms with Crippen LogP contribution >= 0.6 is 0 Å². The van der Waals surface area contributed by atoms with Crippen LogP contribution in [0.1, 0.15) is 16.7 Å². The molecule has 0 saturated carbocycles. The van der Waals surface area contributed by atoms with Crippen LogP contribution in [0.5, 0.6) is 0 Å². The van der Waals surface area contributed by atoms with E-state index in [1.165, 1.54) is 0 Å². The molecule has 0 unspecified atom stereocenters. The fourth-order valence-corrected chi connectivity index (χ4v) is 2.04. The molecule has 0 aliphatic rings. The molecule has 21 heavy (non-hydrogen) atoms. The van der Waals surface area contributed by atoms with Gasteiger partial charge in [-0.15, -0.1) is 0 Å². The van der Waals surface area contributed by atoms with Crippen LogP contribution in [-0.2, 0) is 6.54 Å². The highest BCUT2D eigenvalue weighted by Crippen LogP contribution is 2.22. The molecular formula is C15H15N5O. The smallest absolute Gasteiger partial charge is 0.276 e. The molecule has 0 amide bonds. The zero-order valence-corrected chi connectivity index (χ0v) is 11.9. The van der Waals surface area contributed by atoms with Crippen molar-refractivity contribution in [1.82, 2.24) is 20.1 Å². The predicted molar refractivity (Wildman–Crippen MR) is 78.1 cm³/mol. The molecular weight excluding hydrogens is 266 g/mol. The van der Waals surface area contributed by atoms with Crippen LogP contribution in [0.15, 0.2) is 35.1 Å². The van der Waals surface area contributed by atoms with E-state index < -0.39 is 0 Å². The largest absolute Gasteiger partial charge is 0.332 e. The summed E-state index contributed by atoms with van der Waals surface area (Å²) in [6.45, 7) is 4.42. The van der Waals surface area contributed by atoms with Crippen molar-refractivity contribution >= 4 is 0 Å². The molecule has 3 heterocycles. The average molecular weight is 281 g/mol. The standard InChI is InChI=1S/C15H15N5O/c1-9-5-10(2)13(18-7-9)14-19-15(21-20-14)12-4-3-11(6-16)8-17-12/h3-5,7-8H,6,16H2,1-2H3. The second-order valence-electron chi connectivity index (χ2n) is 4.86. The summed E-state index contributed by atoms with van der Waals surface area (Å²) in [4.78, 5) is 13.0. The molecule has 0 fully saturated rings. The van der Waals surface area contributed by atoms with Gasteiger partial charge in [0.15, 0.2) is 0 Å². The lowest BCUT2D eigenvalue weighted by atomic mass is 10.1. The highest BCUT2D eigenvalue weighted by molar-refractivity contribution is 5.57. The Balaban J connectivity index is 1.95. The Kier molecular flexibility index (Phi) is 3.45. The van der Waals surface area contributed by atoms with Gasteiger partial charge in [-0.05, 0) is 36.6 Å². The molecule has 0 atom stereocenters. The van der Waals surface area contributed by atoms with E-state index in [1.807, 2.05) is 32.0 Å². The molecule has 0 aliphatic carbocycles. The number of nitrogens with zero attached hydrogens (tertiary/aromatic N) is 4. The summed E-state index contributed by atoms with van der Waals surface area (Å²) in [6, 6.07) is 5.74. The molecule has 0 bridgehead atoms. The molecule has 6 nitrogen and oxygen atoms in total. The molecule has 3 aromatic rings. The predicted octanol–water partition coefficient (Wildman–Crippen LogP) is 2.27. The van der Waals surface area contributed by atoms with Crippen LogP contribution in [0.3, 0.4) is 0 Å². The summed E-state index contributed by atoms with van der Waals surface area (Å²) in [6.07, 6.45) is 3.49. The Labute approximate surface area is 122 Å². The first-order valence-corrected chi connectivity index (χ1v) is 6.60. The van der Waals surface area contributed by atoms with Gasteiger partial charge in [-0.3, -0.25) is 9.97 Å². The molecule has 0 radical (unpaired) electrons. The van der Waals surface area contributed by atoms with Gasteiger partial charge in [0.2, 0.25) is 5.82 Å². The highest BCUT2D eigenvalue weighted by atomic mass is 16.5. The van der Waals surface area contributed by atoms with Crippen molar-refractivity contribution in [1.29, 1.82) is 0 Å². The number of nitrogens with two attached hydrogens (primary N) is 1. The van der Waals surface area contributed by atoms with E-state index in [9.17, 15) is 0 Å². The summed E-state index contributed by atoms with van der Waals surface area (Å²) in [7, 11) is 0. The van der Waals surface area contributed by atoms with Gasteiger partial charge in [0.05, 0.1) is 0 Å². The van der Waals surface area contributed by atoms with Crippen LogP contribution in [0.25, 0.3) is 23.1 Å². The quantitative estimate of drug-likeness (QED) is 0.792. The van der Waals surface area contributed by atoms with Crippen LogP contribution in [0.4, 0.5) is 0 Å². The monoisotopic (exact) mass is 281 g/mol. The van der Waals surface area contributed by atoms with Gasteiger partial charge in [-0.25, -0.2) is 0 Å². The molecule has 106 valence electrons. The Morgan fingerprint density at radius 1 is 1.14 bits per heavy atom. The Morgan fingerprint density at radius 2 is 2.00 bits per heavy atom. The third-order valence-corrected chi connectivity index (χ3v) is 3.13. The molecule has 6 heteroatoms. The van der Waals surface area contributed by atoms with Crippen molar-refractivity contribution in [2.45, 2.75) is 20.4 Å². The first-order chi connectivity index (χ1) is 10.2. The maximum absolute atomic E-state index is 5.55. The first kappa shape index (κ1) is 13.4. The van der Waals surface area contributed by atoms with E-state index >= 15 is 0 Å². The number of aryl methyl sites for hydroxylation is 2. The lowest BCUT2D eigenvalue weighted by Gasteiger charge is -2.00. The summed E-state index contributed by atoms with van der Waals surface area (Å²) in [5.74, 6) is 0.836. The van der Waals surface area contributed by atoms with Gasteiger partial charge in [-0.2, -0.15) is 4.98 Å². The number of rotatable bonds is 3. The minimum atomic E-state index is 0.371. The van der Waals surface area contributed by atoms with Gasteiger partial charge >= 0.3 is 0 Å². The summed E-state index contributed by atoms with van der Waals surface area (Å²) >= 11 is 0. The molecule has 2 N–H and O–H groups in total. The van der Waals surface area contributed by atoms with E-state index in [-0.39, 0.29) is 0 Å². The maximum atomic E-state index is 5.55. The molecule has 0 aromatic carbocycles. The fraction of sp³-hybridized carbons (Fsp3) is 0.200. The average Bonchev–Trinajstić information content (AvgIpc) is 2.97. The van der Waals surface area contributed by atoms with Gasteiger partial charge in [0, 0.05) is 18.9 Å².